The van der Waals surface area contributed by atoms with E-state index in [-0.39, 0.29) is 8.22 Å². The van der Waals surface area contributed by atoms with Gasteiger partial charge in [0.1, 0.15) is 0 Å². The molecule has 1 aliphatic rings. The number of hydrogen-bond acceptors (Lipinski definition) is 2. The second-order valence-corrected chi connectivity index (χ2v) is 7.39. The molecule has 2 nitrogen and oxygen atoms in total. The molecule has 0 atom stereocenters. The first kappa shape index (κ1) is 15.4. The minimum Gasteiger partial charge on any atom is -0.270 e. The summed E-state index contributed by atoms with van der Waals surface area (Å²) in [6.07, 6.45) is 7.34. The summed E-state index contributed by atoms with van der Waals surface area (Å²) >= 11 is 0. The molecule has 0 amide bonds. The Balaban J connectivity index is 2.74. The number of rotatable bonds is 7. The third-order valence-electron chi connectivity index (χ3n) is 3.94. The summed E-state index contributed by atoms with van der Waals surface area (Å²) in [5, 5.41) is 0. The number of nitrogens with zero attached hydrogens (tertiary/aromatic N) is 2. The third-order valence-corrected chi connectivity index (χ3v) is 7.40. The molecule has 102 valence electrons. The van der Waals surface area contributed by atoms with Gasteiger partial charge in [-0.05, 0) is 12.8 Å². The second-order valence-electron chi connectivity index (χ2n) is 4.89. The van der Waals surface area contributed by atoms with Crippen LogP contribution in [0.3, 0.4) is 0 Å². The topological polar surface area (TPSA) is 6.48 Å². The summed E-state index contributed by atoms with van der Waals surface area (Å²) in [4.78, 5) is 0. The van der Waals surface area contributed by atoms with Crippen molar-refractivity contribution in [3.63, 3.8) is 0 Å². The molecule has 1 aliphatic carbocycles. The van der Waals surface area contributed by atoms with Gasteiger partial charge in [-0.25, -0.2) is 0 Å². The van der Waals surface area contributed by atoms with Crippen molar-refractivity contribution >= 4 is 8.22 Å². The Morgan fingerprint density at radius 2 is 1.18 bits per heavy atom. The van der Waals surface area contributed by atoms with Gasteiger partial charge in [-0.3, -0.25) is 9.34 Å². The quantitative estimate of drug-likeness (QED) is 0.628. The van der Waals surface area contributed by atoms with Crippen molar-refractivity contribution < 1.29 is 0 Å². The fourth-order valence-electron chi connectivity index (χ4n) is 2.98. The molecule has 0 heterocycles. The van der Waals surface area contributed by atoms with E-state index in [0.29, 0.717) is 0 Å². The Bertz CT molecular complexity index is 173. The van der Waals surface area contributed by atoms with Crippen LogP contribution in [0.2, 0.25) is 0 Å². The van der Waals surface area contributed by atoms with Gasteiger partial charge in [0.05, 0.1) is 0 Å². The lowest BCUT2D eigenvalue weighted by molar-refractivity contribution is 0.394. The predicted octanol–water partition coefficient (Wildman–Crippen LogP) is 4.31. The van der Waals surface area contributed by atoms with Crippen molar-refractivity contribution in [1.82, 2.24) is 9.34 Å². The maximum Gasteiger partial charge on any atom is 0.0426 e. The summed E-state index contributed by atoms with van der Waals surface area (Å²) in [5.74, 6) is 0. The highest BCUT2D eigenvalue weighted by atomic mass is 31.1. The van der Waals surface area contributed by atoms with E-state index in [0.717, 1.165) is 5.66 Å². The molecule has 1 fully saturated rings. The van der Waals surface area contributed by atoms with Crippen molar-refractivity contribution in [2.45, 2.75) is 65.5 Å². The van der Waals surface area contributed by atoms with Crippen molar-refractivity contribution in [2.24, 2.45) is 0 Å². The predicted molar refractivity (Wildman–Crippen MR) is 79.6 cm³/mol. The monoisotopic (exact) mass is 258 g/mol. The summed E-state index contributed by atoms with van der Waals surface area (Å²) in [6.45, 7) is 14.2. The Morgan fingerprint density at radius 1 is 0.765 bits per heavy atom. The maximum atomic E-state index is 2.73. The van der Waals surface area contributed by atoms with Gasteiger partial charge in [0.2, 0.25) is 0 Å². The molecule has 17 heavy (non-hydrogen) atoms. The van der Waals surface area contributed by atoms with Gasteiger partial charge in [-0.15, -0.1) is 0 Å². The molecule has 0 radical (unpaired) electrons. The van der Waals surface area contributed by atoms with Crippen LogP contribution in [0.4, 0.5) is 0 Å². The second kappa shape index (κ2) is 8.45. The van der Waals surface area contributed by atoms with E-state index >= 15 is 0 Å². The van der Waals surface area contributed by atoms with Crippen molar-refractivity contribution in [1.29, 1.82) is 0 Å². The zero-order valence-corrected chi connectivity index (χ0v) is 13.2. The normalized spacial score (nSPS) is 18.5. The highest BCUT2D eigenvalue weighted by molar-refractivity contribution is 7.53. The fraction of sp³-hybridized carbons (Fsp3) is 1.00. The minimum atomic E-state index is -0.0394. The Morgan fingerprint density at radius 3 is 1.53 bits per heavy atom. The molecule has 0 N–H and O–H groups in total. The highest BCUT2D eigenvalue weighted by Crippen LogP contribution is 2.53. The standard InChI is InChI=1S/C14H31N2P/c1-5-15(6-2)17(16(7-3)8-4)14-12-10-9-11-13-14/h14H,5-13H2,1-4H3. The molecule has 0 aliphatic heterocycles. The molecule has 0 saturated heterocycles. The van der Waals surface area contributed by atoms with Crippen LogP contribution in [0.5, 0.6) is 0 Å². The Hall–Kier alpha value is 0.350. The summed E-state index contributed by atoms with van der Waals surface area (Å²) < 4.78 is 5.47. The van der Waals surface area contributed by atoms with E-state index in [1.165, 1.54) is 58.3 Å². The average molecular weight is 258 g/mol. The molecule has 1 rings (SSSR count). The highest BCUT2D eigenvalue weighted by Gasteiger charge is 2.30. The molecule has 0 bridgehead atoms. The molecule has 0 spiro atoms. The smallest absolute Gasteiger partial charge is 0.0426 e. The molecule has 3 heteroatoms. The van der Waals surface area contributed by atoms with Crippen molar-refractivity contribution in [2.75, 3.05) is 26.2 Å². The van der Waals surface area contributed by atoms with Gasteiger partial charge in [0, 0.05) is 40.1 Å². The SMILES string of the molecule is CCN(CC)P(C1CCCCC1)N(CC)CC. The Kier molecular flexibility index (Phi) is 7.66. The largest absolute Gasteiger partial charge is 0.270 e. The van der Waals surface area contributed by atoms with Crippen LogP contribution in [0.15, 0.2) is 0 Å². The minimum absolute atomic E-state index is 0.0394. The molecule has 0 aromatic carbocycles. The maximum absolute atomic E-state index is 2.73. The zero-order valence-electron chi connectivity index (χ0n) is 12.3. The van der Waals surface area contributed by atoms with Crippen LogP contribution in [0, 0.1) is 0 Å². The molecule has 0 unspecified atom stereocenters. The zero-order chi connectivity index (χ0) is 12.7. The summed E-state index contributed by atoms with van der Waals surface area (Å²) in [7, 11) is -0.0394. The first-order valence-electron chi connectivity index (χ1n) is 7.57. The van der Waals surface area contributed by atoms with Crippen LogP contribution in [-0.4, -0.2) is 41.2 Å². The van der Waals surface area contributed by atoms with Gasteiger partial charge in [0.25, 0.3) is 0 Å². The van der Waals surface area contributed by atoms with Gasteiger partial charge in [0.15, 0.2) is 0 Å². The van der Waals surface area contributed by atoms with E-state index in [9.17, 15) is 0 Å². The van der Waals surface area contributed by atoms with Crippen molar-refractivity contribution in [3.8, 4) is 0 Å². The molecule has 1 saturated carbocycles. The fourth-order valence-corrected chi connectivity index (χ4v) is 6.25. The van der Waals surface area contributed by atoms with Crippen molar-refractivity contribution in [3.05, 3.63) is 0 Å². The van der Waals surface area contributed by atoms with Crippen LogP contribution in [-0.2, 0) is 0 Å². The third kappa shape index (κ3) is 4.19. The lowest BCUT2D eigenvalue weighted by atomic mass is 10.0. The van der Waals surface area contributed by atoms with Crippen LogP contribution in [0.1, 0.15) is 59.8 Å². The van der Waals surface area contributed by atoms with Gasteiger partial charge >= 0.3 is 0 Å². The summed E-state index contributed by atoms with van der Waals surface area (Å²) in [5.41, 5.74) is 0.971. The first-order valence-corrected chi connectivity index (χ1v) is 8.88. The molecular weight excluding hydrogens is 227 g/mol. The van der Waals surface area contributed by atoms with E-state index in [1.807, 2.05) is 0 Å². The van der Waals surface area contributed by atoms with E-state index in [2.05, 4.69) is 37.0 Å². The lowest BCUT2D eigenvalue weighted by Crippen LogP contribution is -2.34. The molecular formula is C14H31N2P. The van der Waals surface area contributed by atoms with E-state index in [4.69, 9.17) is 0 Å². The number of hydrogen-bond donors (Lipinski definition) is 0. The first-order chi connectivity index (χ1) is 8.28. The van der Waals surface area contributed by atoms with Crippen LogP contribution < -0.4 is 0 Å². The lowest BCUT2D eigenvalue weighted by Gasteiger charge is -2.43. The average Bonchev–Trinajstić information content (AvgIpc) is 2.40. The Labute approximate surface area is 110 Å². The molecule has 0 aromatic heterocycles. The van der Waals surface area contributed by atoms with Gasteiger partial charge < -0.3 is 0 Å². The summed E-state index contributed by atoms with van der Waals surface area (Å²) in [6, 6.07) is 0. The van der Waals surface area contributed by atoms with Crippen LogP contribution in [0.25, 0.3) is 0 Å². The molecule has 0 aromatic rings. The van der Waals surface area contributed by atoms with Gasteiger partial charge in [-0.1, -0.05) is 47.0 Å². The van der Waals surface area contributed by atoms with E-state index < -0.39 is 0 Å². The van der Waals surface area contributed by atoms with E-state index in [1.54, 1.807) is 0 Å². The van der Waals surface area contributed by atoms with Crippen LogP contribution >= 0.6 is 8.22 Å². The van der Waals surface area contributed by atoms with Gasteiger partial charge in [-0.2, -0.15) is 0 Å².